The average Bonchev–Trinajstić information content (AvgIpc) is 3.03. The van der Waals surface area contributed by atoms with Crippen molar-refractivity contribution in [2.45, 2.75) is 19.6 Å². The summed E-state index contributed by atoms with van der Waals surface area (Å²) < 4.78 is 9.72. The number of hydrogen-bond donors (Lipinski definition) is 1. The molecule has 3 rings (SSSR count). The van der Waals surface area contributed by atoms with Crippen LogP contribution in [0.15, 0.2) is 33.9 Å². The fourth-order valence-corrected chi connectivity index (χ4v) is 3.12. The molecule has 2 heterocycles. The molecular weight excluding hydrogens is 362 g/mol. The minimum absolute atomic E-state index is 0.0590. The smallest absolute Gasteiger partial charge is 0.332 e. The monoisotopic (exact) mass is 387 g/mol. The maximum atomic E-state index is 12.7. The lowest BCUT2D eigenvalue weighted by Gasteiger charge is -2.18. The summed E-state index contributed by atoms with van der Waals surface area (Å²) in [5.41, 5.74) is 0.620. The van der Waals surface area contributed by atoms with Gasteiger partial charge in [-0.1, -0.05) is 18.2 Å². The van der Waals surface area contributed by atoms with E-state index >= 15 is 0 Å². The van der Waals surface area contributed by atoms with Crippen LogP contribution in [0.25, 0.3) is 11.2 Å². The molecule has 9 heteroatoms. The number of fused-ring (bicyclic) bond motifs is 1. The third-order valence-electron chi connectivity index (χ3n) is 4.65. The number of aryl methyl sites for hydroxylation is 2. The normalized spacial score (nSPS) is 12.4. The van der Waals surface area contributed by atoms with Crippen LogP contribution in [0.3, 0.4) is 0 Å². The van der Waals surface area contributed by atoms with Crippen LogP contribution in [0.5, 0.6) is 5.75 Å². The molecule has 150 valence electrons. The van der Waals surface area contributed by atoms with E-state index in [0.29, 0.717) is 11.7 Å². The lowest BCUT2D eigenvalue weighted by atomic mass is 10.2. The molecule has 1 atom stereocenters. The van der Waals surface area contributed by atoms with Gasteiger partial charge in [-0.05, 0) is 18.6 Å². The van der Waals surface area contributed by atoms with Gasteiger partial charge < -0.3 is 19.3 Å². The number of nitrogens with zero attached hydrogens (tertiary/aromatic N) is 5. The van der Waals surface area contributed by atoms with Crippen LogP contribution < -0.4 is 20.9 Å². The molecule has 0 saturated heterocycles. The first-order valence-corrected chi connectivity index (χ1v) is 8.92. The summed E-state index contributed by atoms with van der Waals surface area (Å²) in [5, 5.41) is 10.6. The first-order chi connectivity index (χ1) is 13.2. The van der Waals surface area contributed by atoms with E-state index in [1.54, 1.807) is 30.6 Å². The second kappa shape index (κ2) is 7.51. The molecule has 0 aliphatic carbocycles. The highest BCUT2D eigenvalue weighted by Gasteiger charge is 2.22. The molecule has 0 amide bonds. The molecule has 0 aliphatic rings. The highest BCUT2D eigenvalue weighted by Crippen LogP contribution is 2.20. The Bertz CT molecular complexity index is 1130. The van der Waals surface area contributed by atoms with Crippen LogP contribution >= 0.6 is 0 Å². The van der Waals surface area contributed by atoms with Gasteiger partial charge in [0.05, 0.1) is 6.54 Å². The van der Waals surface area contributed by atoms with Gasteiger partial charge in [-0.15, -0.1) is 0 Å². The maximum absolute atomic E-state index is 12.7. The van der Waals surface area contributed by atoms with Gasteiger partial charge in [-0.2, -0.15) is 4.98 Å². The number of aliphatic hydroxyl groups is 1. The Morgan fingerprint density at radius 3 is 2.50 bits per heavy atom. The highest BCUT2D eigenvalue weighted by molar-refractivity contribution is 5.74. The first-order valence-electron chi connectivity index (χ1n) is 8.92. The SMILES string of the molecule is Cc1ccccc1OC[C@@H](O)Cn1c(N(C)C)nc2c1c(=O)n(C)c(=O)n2C. The minimum atomic E-state index is -0.877. The zero-order valence-electron chi connectivity index (χ0n) is 16.7. The summed E-state index contributed by atoms with van der Waals surface area (Å²) in [6.07, 6.45) is -0.877. The maximum Gasteiger partial charge on any atom is 0.332 e. The second-order valence-corrected chi connectivity index (χ2v) is 7.03. The Hall–Kier alpha value is -3.07. The van der Waals surface area contributed by atoms with Crippen LogP contribution in [0.4, 0.5) is 5.95 Å². The summed E-state index contributed by atoms with van der Waals surface area (Å²) in [6.45, 7) is 2.09. The number of benzene rings is 1. The van der Waals surface area contributed by atoms with Crippen molar-refractivity contribution >= 4 is 17.1 Å². The summed E-state index contributed by atoms with van der Waals surface area (Å²) in [6, 6.07) is 7.55. The van der Waals surface area contributed by atoms with Gasteiger partial charge in [0.25, 0.3) is 5.56 Å². The summed E-state index contributed by atoms with van der Waals surface area (Å²) in [7, 11) is 6.57. The quantitative estimate of drug-likeness (QED) is 0.652. The van der Waals surface area contributed by atoms with Crippen LogP contribution in [0, 0.1) is 6.92 Å². The van der Waals surface area contributed by atoms with Crippen molar-refractivity contribution in [3.63, 3.8) is 0 Å². The molecule has 0 spiro atoms. The van der Waals surface area contributed by atoms with Crippen LogP contribution in [-0.2, 0) is 20.6 Å². The van der Waals surface area contributed by atoms with E-state index in [9.17, 15) is 14.7 Å². The van der Waals surface area contributed by atoms with Gasteiger partial charge in [0, 0.05) is 28.2 Å². The standard InChI is InChI=1S/C19H25N5O4/c1-12-8-6-7-9-14(12)28-11-13(25)10-24-15-16(20-18(24)21(2)3)22(4)19(27)23(5)17(15)26/h6-9,13,25H,10-11H2,1-5H3/t13-/m0/s1. The number of imidazole rings is 1. The highest BCUT2D eigenvalue weighted by atomic mass is 16.5. The van der Waals surface area contributed by atoms with Crippen LogP contribution in [0.2, 0.25) is 0 Å². The molecule has 28 heavy (non-hydrogen) atoms. The first kappa shape index (κ1) is 19.7. The largest absolute Gasteiger partial charge is 0.491 e. The third kappa shape index (κ3) is 3.40. The molecule has 0 unspecified atom stereocenters. The fourth-order valence-electron chi connectivity index (χ4n) is 3.12. The Kier molecular flexibility index (Phi) is 5.28. The van der Waals surface area contributed by atoms with Crippen LogP contribution in [0.1, 0.15) is 5.56 Å². The molecule has 0 fully saturated rings. The van der Waals surface area contributed by atoms with E-state index < -0.39 is 17.4 Å². The van der Waals surface area contributed by atoms with Gasteiger partial charge >= 0.3 is 5.69 Å². The summed E-state index contributed by atoms with van der Waals surface area (Å²) in [5.74, 6) is 1.17. The molecule has 1 aromatic carbocycles. The van der Waals surface area contributed by atoms with Crippen molar-refractivity contribution in [1.82, 2.24) is 18.7 Å². The van der Waals surface area contributed by atoms with Crippen molar-refractivity contribution in [1.29, 1.82) is 0 Å². The number of aliphatic hydroxyl groups excluding tert-OH is 1. The van der Waals surface area contributed by atoms with E-state index in [2.05, 4.69) is 4.98 Å². The van der Waals surface area contributed by atoms with Crippen molar-refractivity contribution in [3.05, 3.63) is 50.7 Å². The number of para-hydroxylation sites is 1. The zero-order valence-corrected chi connectivity index (χ0v) is 16.7. The molecule has 3 aromatic rings. The summed E-state index contributed by atoms with van der Waals surface area (Å²) >= 11 is 0. The molecular formula is C19H25N5O4. The minimum Gasteiger partial charge on any atom is -0.491 e. The topological polar surface area (TPSA) is 94.5 Å². The van der Waals surface area contributed by atoms with Gasteiger partial charge in [-0.25, -0.2) is 4.79 Å². The van der Waals surface area contributed by atoms with E-state index in [4.69, 9.17) is 4.74 Å². The molecule has 9 nitrogen and oxygen atoms in total. The Labute approximate surface area is 162 Å². The number of aromatic nitrogens is 4. The fraction of sp³-hybridized carbons (Fsp3) is 0.421. The molecule has 0 bridgehead atoms. The number of ether oxygens (including phenoxy) is 1. The predicted octanol–water partition coefficient (Wildman–Crippen LogP) is 0.248. The van der Waals surface area contributed by atoms with Crippen molar-refractivity contribution in [2.75, 3.05) is 25.6 Å². The number of anilines is 1. The van der Waals surface area contributed by atoms with Crippen molar-refractivity contribution in [2.24, 2.45) is 14.1 Å². The summed E-state index contributed by atoms with van der Waals surface area (Å²) in [4.78, 5) is 31.1. The molecule has 1 N–H and O–H groups in total. The van der Waals surface area contributed by atoms with Crippen LogP contribution in [-0.4, -0.2) is 50.6 Å². The number of hydrogen-bond acceptors (Lipinski definition) is 6. The lowest BCUT2D eigenvalue weighted by Crippen LogP contribution is -2.38. The Morgan fingerprint density at radius 1 is 1.18 bits per heavy atom. The Morgan fingerprint density at radius 2 is 1.86 bits per heavy atom. The van der Waals surface area contributed by atoms with Gasteiger partial charge in [0.15, 0.2) is 11.2 Å². The van der Waals surface area contributed by atoms with E-state index in [-0.39, 0.29) is 24.3 Å². The zero-order chi connectivity index (χ0) is 20.6. The molecule has 0 radical (unpaired) electrons. The molecule has 0 saturated carbocycles. The third-order valence-corrected chi connectivity index (χ3v) is 4.65. The van der Waals surface area contributed by atoms with Gasteiger partial charge in [0.1, 0.15) is 18.5 Å². The molecule has 0 aliphatic heterocycles. The van der Waals surface area contributed by atoms with E-state index in [0.717, 1.165) is 10.1 Å². The van der Waals surface area contributed by atoms with Gasteiger partial charge in [-0.3, -0.25) is 13.9 Å². The predicted molar refractivity (Wildman–Crippen MR) is 107 cm³/mol. The van der Waals surface area contributed by atoms with E-state index in [1.165, 1.54) is 11.6 Å². The van der Waals surface area contributed by atoms with Crippen molar-refractivity contribution in [3.8, 4) is 5.75 Å². The van der Waals surface area contributed by atoms with Gasteiger partial charge in [0.2, 0.25) is 5.95 Å². The molecule has 2 aromatic heterocycles. The average molecular weight is 387 g/mol. The van der Waals surface area contributed by atoms with Crippen molar-refractivity contribution < 1.29 is 9.84 Å². The lowest BCUT2D eigenvalue weighted by molar-refractivity contribution is 0.0933. The van der Waals surface area contributed by atoms with E-state index in [1.807, 2.05) is 31.2 Å². The Balaban J connectivity index is 1.97. The second-order valence-electron chi connectivity index (χ2n) is 7.03. The number of rotatable bonds is 6.